The zero-order chi connectivity index (χ0) is 11.9. The number of carbonyl (C=O) groups excluding carboxylic acids is 2. The smallest absolute Gasteiger partial charge is 0.234 e. The Bertz CT molecular complexity index is 219. The predicted molar refractivity (Wildman–Crippen MR) is 56.8 cm³/mol. The summed E-state index contributed by atoms with van der Waals surface area (Å²) in [5, 5.41) is 0. The van der Waals surface area contributed by atoms with Crippen LogP contribution in [0.3, 0.4) is 0 Å². The fourth-order valence-electron chi connectivity index (χ4n) is 0.905. The summed E-state index contributed by atoms with van der Waals surface area (Å²) in [5.41, 5.74) is 0. The molecule has 0 aliphatic heterocycles. The molecule has 0 aliphatic rings. The third kappa shape index (κ3) is 12.7. The molecule has 0 radical (unpaired) electrons. The highest BCUT2D eigenvalue weighted by Crippen LogP contribution is 1.86. The SMILES string of the molecule is O=C=NCCCOCCOCCCN=C=O. The lowest BCUT2D eigenvalue weighted by molar-refractivity contribution is 0.0472. The quantitative estimate of drug-likeness (QED) is 0.292. The third-order valence-corrected chi connectivity index (χ3v) is 1.62. The van der Waals surface area contributed by atoms with E-state index in [0.717, 1.165) is 0 Å². The van der Waals surface area contributed by atoms with Gasteiger partial charge >= 0.3 is 0 Å². The Morgan fingerprint density at radius 2 is 1.19 bits per heavy atom. The van der Waals surface area contributed by atoms with E-state index in [9.17, 15) is 9.59 Å². The summed E-state index contributed by atoms with van der Waals surface area (Å²) in [6.07, 6.45) is 4.35. The van der Waals surface area contributed by atoms with Gasteiger partial charge in [-0.2, -0.15) is 0 Å². The Hall–Kier alpha value is -1.32. The topological polar surface area (TPSA) is 77.3 Å². The summed E-state index contributed by atoms with van der Waals surface area (Å²) in [6.45, 7) is 3.06. The Morgan fingerprint density at radius 1 is 0.750 bits per heavy atom. The fourth-order valence-corrected chi connectivity index (χ4v) is 0.905. The Kier molecular flexibility index (Phi) is 12.6. The first kappa shape index (κ1) is 14.7. The van der Waals surface area contributed by atoms with Crippen LogP contribution in [0.4, 0.5) is 0 Å². The van der Waals surface area contributed by atoms with Crippen LogP contribution in [-0.2, 0) is 19.1 Å². The van der Waals surface area contributed by atoms with Crippen molar-refractivity contribution in [2.75, 3.05) is 39.5 Å². The molecule has 0 heterocycles. The molecule has 0 saturated carbocycles. The normalized spacial score (nSPS) is 9.25. The second-order valence-corrected chi connectivity index (χ2v) is 2.88. The van der Waals surface area contributed by atoms with Gasteiger partial charge in [-0.3, -0.25) is 0 Å². The van der Waals surface area contributed by atoms with Crippen molar-refractivity contribution in [1.29, 1.82) is 0 Å². The van der Waals surface area contributed by atoms with Gasteiger partial charge in [0, 0.05) is 13.2 Å². The molecule has 90 valence electrons. The Labute approximate surface area is 94.4 Å². The molecule has 0 fully saturated rings. The third-order valence-electron chi connectivity index (χ3n) is 1.62. The zero-order valence-corrected chi connectivity index (χ0v) is 9.18. The standard InChI is InChI=1S/C10H16N2O4/c13-9-11-3-1-5-15-7-8-16-6-2-4-12-10-14/h1-8H2. The highest BCUT2D eigenvalue weighted by molar-refractivity contribution is 5.32. The Balaban J connectivity index is 2.98. The van der Waals surface area contributed by atoms with E-state index in [2.05, 4.69) is 9.98 Å². The summed E-state index contributed by atoms with van der Waals surface area (Å²) in [5.74, 6) is 0. The first-order valence-corrected chi connectivity index (χ1v) is 5.14. The number of hydrogen-bond donors (Lipinski definition) is 0. The van der Waals surface area contributed by atoms with Crippen LogP contribution in [0.5, 0.6) is 0 Å². The number of hydrogen-bond acceptors (Lipinski definition) is 6. The summed E-state index contributed by atoms with van der Waals surface area (Å²) in [6, 6.07) is 0. The number of rotatable bonds is 11. The molecule has 0 atom stereocenters. The van der Waals surface area contributed by atoms with Crippen LogP contribution in [0.2, 0.25) is 0 Å². The molecule has 0 aromatic carbocycles. The average Bonchev–Trinajstić information content (AvgIpc) is 2.31. The minimum atomic E-state index is 0.452. The second-order valence-electron chi connectivity index (χ2n) is 2.88. The number of ether oxygens (including phenoxy) is 2. The van der Waals surface area contributed by atoms with Gasteiger partial charge in [0.1, 0.15) is 0 Å². The van der Waals surface area contributed by atoms with Crippen molar-refractivity contribution >= 4 is 12.2 Å². The van der Waals surface area contributed by atoms with Gasteiger partial charge in [-0.05, 0) is 12.8 Å². The number of aliphatic imine (C=N–C) groups is 2. The van der Waals surface area contributed by atoms with Crippen LogP contribution in [0.1, 0.15) is 12.8 Å². The average molecular weight is 228 g/mol. The number of nitrogens with zero attached hydrogens (tertiary/aromatic N) is 2. The van der Waals surface area contributed by atoms with Crippen molar-refractivity contribution in [3.05, 3.63) is 0 Å². The minimum Gasteiger partial charge on any atom is -0.379 e. The molecular weight excluding hydrogens is 212 g/mol. The summed E-state index contributed by atoms with van der Waals surface area (Å²) in [4.78, 5) is 26.2. The monoisotopic (exact) mass is 228 g/mol. The van der Waals surface area contributed by atoms with Gasteiger partial charge in [0.25, 0.3) is 0 Å². The van der Waals surface area contributed by atoms with Crippen LogP contribution in [0.25, 0.3) is 0 Å². The van der Waals surface area contributed by atoms with Gasteiger partial charge in [-0.15, -0.1) is 0 Å². The van der Waals surface area contributed by atoms with Gasteiger partial charge in [0.15, 0.2) is 0 Å². The van der Waals surface area contributed by atoms with Crippen LogP contribution < -0.4 is 0 Å². The van der Waals surface area contributed by atoms with Crippen LogP contribution >= 0.6 is 0 Å². The highest BCUT2D eigenvalue weighted by Gasteiger charge is 1.90. The maximum atomic E-state index is 9.70. The van der Waals surface area contributed by atoms with E-state index in [1.54, 1.807) is 0 Å². The van der Waals surface area contributed by atoms with Crippen molar-refractivity contribution in [1.82, 2.24) is 0 Å². The molecular formula is C10H16N2O4. The molecule has 0 aliphatic carbocycles. The van der Waals surface area contributed by atoms with E-state index in [0.29, 0.717) is 52.4 Å². The lowest BCUT2D eigenvalue weighted by Gasteiger charge is -2.03. The van der Waals surface area contributed by atoms with Gasteiger partial charge < -0.3 is 9.47 Å². The molecule has 0 aromatic heterocycles. The van der Waals surface area contributed by atoms with Crippen LogP contribution in [0, 0.1) is 0 Å². The van der Waals surface area contributed by atoms with Crippen molar-refractivity contribution in [2.45, 2.75) is 12.8 Å². The Morgan fingerprint density at radius 3 is 1.56 bits per heavy atom. The van der Waals surface area contributed by atoms with Gasteiger partial charge in [-0.1, -0.05) is 0 Å². The molecule has 0 N–H and O–H groups in total. The van der Waals surface area contributed by atoms with E-state index in [1.165, 1.54) is 12.2 Å². The molecule has 0 bridgehead atoms. The van der Waals surface area contributed by atoms with Gasteiger partial charge in [0.05, 0.1) is 26.3 Å². The van der Waals surface area contributed by atoms with Crippen LogP contribution in [0.15, 0.2) is 9.98 Å². The first-order valence-electron chi connectivity index (χ1n) is 5.14. The van der Waals surface area contributed by atoms with Crippen molar-refractivity contribution in [3.8, 4) is 0 Å². The van der Waals surface area contributed by atoms with E-state index in [4.69, 9.17) is 9.47 Å². The minimum absolute atomic E-state index is 0.452. The predicted octanol–water partition coefficient (Wildman–Crippen LogP) is 0.471. The van der Waals surface area contributed by atoms with Crippen molar-refractivity contribution < 1.29 is 19.1 Å². The zero-order valence-electron chi connectivity index (χ0n) is 9.18. The second kappa shape index (κ2) is 13.7. The fraction of sp³-hybridized carbons (Fsp3) is 0.800. The molecule has 6 nitrogen and oxygen atoms in total. The maximum Gasteiger partial charge on any atom is 0.234 e. The van der Waals surface area contributed by atoms with Crippen molar-refractivity contribution in [2.24, 2.45) is 9.98 Å². The van der Waals surface area contributed by atoms with Crippen molar-refractivity contribution in [3.63, 3.8) is 0 Å². The lowest BCUT2D eigenvalue weighted by atomic mass is 10.4. The van der Waals surface area contributed by atoms with Crippen LogP contribution in [-0.4, -0.2) is 51.7 Å². The summed E-state index contributed by atoms with van der Waals surface area (Å²) in [7, 11) is 0. The van der Waals surface area contributed by atoms with E-state index in [1.807, 2.05) is 0 Å². The summed E-state index contributed by atoms with van der Waals surface area (Å²) >= 11 is 0. The lowest BCUT2D eigenvalue weighted by Crippen LogP contribution is -2.07. The van der Waals surface area contributed by atoms with Gasteiger partial charge in [-0.25, -0.2) is 19.6 Å². The molecule has 0 amide bonds. The van der Waals surface area contributed by atoms with E-state index < -0.39 is 0 Å². The molecule has 6 heteroatoms. The molecule has 0 rings (SSSR count). The van der Waals surface area contributed by atoms with E-state index in [-0.39, 0.29) is 0 Å². The largest absolute Gasteiger partial charge is 0.379 e. The molecule has 0 saturated heterocycles. The van der Waals surface area contributed by atoms with Gasteiger partial charge in [0.2, 0.25) is 12.2 Å². The highest BCUT2D eigenvalue weighted by atomic mass is 16.5. The maximum absolute atomic E-state index is 9.70. The molecule has 0 unspecified atom stereocenters. The molecule has 0 aromatic rings. The number of isocyanates is 2. The summed E-state index contributed by atoms with van der Waals surface area (Å²) < 4.78 is 10.4. The molecule has 16 heavy (non-hydrogen) atoms. The van der Waals surface area contributed by atoms with E-state index >= 15 is 0 Å². The molecule has 0 spiro atoms. The first-order chi connectivity index (χ1) is 7.91.